The molecule has 94 valence electrons. The summed E-state index contributed by atoms with van der Waals surface area (Å²) in [5.74, 6) is 0.732. The number of carbonyl (C=O) groups is 1. The van der Waals surface area contributed by atoms with Crippen LogP contribution >= 0.6 is 11.5 Å². The Hall–Kier alpha value is -0.740. The summed E-state index contributed by atoms with van der Waals surface area (Å²) in [7, 11) is 0. The molecule has 0 bridgehead atoms. The van der Waals surface area contributed by atoms with Crippen molar-refractivity contribution in [3.05, 3.63) is 16.6 Å². The first-order chi connectivity index (χ1) is 8.19. The predicted molar refractivity (Wildman–Crippen MR) is 70.4 cm³/mol. The predicted octanol–water partition coefficient (Wildman–Crippen LogP) is 2.80. The van der Waals surface area contributed by atoms with Crippen LogP contribution in [0.3, 0.4) is 0 Å². The van der Waals surface area contributed by atoms with E-state index < -0.39 is 0 Å². The Bertz CT molecular complexity index is 381. The molecule has 1 saturated carbocycles. The van der Waals surface area contributed by atoms with Gasteiger partial charge >= 0.3 is 0 Å². The van der Waals surface area contributed by atoms with Crippen LogP contribution in [0.5, 0.6) is 0 Å². The molecule has 17 heavy (non-hydrogen) atoms. The van der Waals surface area contributed by atoms with Gasteiger partial charge in [0, 0.05) is 17.3 Å². The average Bonchev–Trinajstić information content (AvgIpc) is 2.81. The molecule has 0 atom stereocenters. The van der Waals surface area contributed by atoms with Crippen LogP contribution in [-0.4, -0.2) is 16.2 Å². The van der Waals surface area contributed by atoms with E-state index in [9.17, 15) is 4.79 Å². The summed E-state index contributed by atoms with van der Waals surface area (Å²) in [4.78, 5) is 13.2. The number of nitrogens with zero attached hydrogens (tertiary/aromatic N) is 1. The normalized spacial score (nSPS) is 24.8. The topological polar surface area (TPSA) is 56.0 Å². The monoisotopic (exact) mass is 252 g/mol. The van der Waals surface area contributed by atoms with Crippen LogP contribution in [-0.2, 0) is 6.42 Å². The summed E-state index contributed by atoms with van der Waals surface area (Å²) in [6.07, 6.45) is 5.93. The van der Waals surface area contributed by atoms with Crippen molar-refractivity contribution in [3.8, 4) is 0 Å². The zero-order chi connectivity index (χ0) is 12.3. The molecule has 2 N–H and O–H groups in total. The minimum absolute atomic E-state index is 0.210. The molecule has 2 rings (SSSR count). The molecule has 0 aliphatic heterocycles. The standard InChI is InChI=1S/C13H20N2OS/c1-2-11-8-12(15-17-11)13(16)7-9-3-5-10(14)6-4-9/h8-10H,2-7,14H2,1H3. The second kappa shape index (κ2) is 5.74. The average molecular weight is 252 g/mol. The highest BCUT2D eigenvalue weighted by atomic mass is 32.1. The van der Waals surface area contributed by atoms with Gasteiger partial charge in [-0.05, 0) is 55.6 Å². The Morgan fingerprint density at radius 1 is 1.47 bits per heavy atom. The number of aryl methyl sites for hydroxylation is 1. The maximum absolute atomic E-state index is 12.0. The second-order valence-corrected chi connectivity index (χ2v) is 5.83. The molecule has 1 aromatic rings. The van der Waals surface area contributed by atoms with Gasteiger partial charge in [-0.3, -0.25) is 4.79 Å². The smallest absolute Gasteiger partial charge is 0.182 e. The molecule has 1 aliphatic carbocycles. The lowest BCUT2D eigenvalue weighted by molar-refractivity contribution is 0.0944. The first-order valence-electron chi connectivity index (χ1n) is 6.43. The van der Waals surface area contributed by atoms with Crippen molar-refractivity contribution in [2.24, 2.45) is 11.7 Å². The molecular weight excluding hydrogens is 232 g/mol. The van der Waals surface area contributed by atoms with Gasteiger partial charge in [0.2, 0.25) is 0 Å². The molecule has 0 spiro atoms. The van der Waals surface area contributed by atoms with Gasteiger partial charge in [0.05, 0.1) is 0 Å². The summed E-state index contributed by atoms with van der Waals surface area (Å²) in [6, 6.07) is 2.30. The molecule has 1 heterocycles. The number of ketones is 1. The van der Waals surface area contributed by atoms with Crippen molar-refractivity contribution in [2.75, 3.05) is 0 Å². The van der Waals surface area contributed by atoms with Gasteiger partial charge in [-0.15, -0.1) is 0 Å². The van der Waals surface area contributed by atoms with Gasteiger partial charge in [0.1, 0.15) is 5.69 Å². The van der Waals surface area contributed by atoms with E-state index in [1.165, 1.54) is 16.4 Å². The van der Waals surface area contributed by atoms with Crippen molar-refractivity contribution in [2.45, 2.75) is 51.5 Å². The fourth-order valence-corrected chi connectivity index (χ4v) is 3.03. The maximum atomic E-state index is 12.0. The first-order valence-corrected chi connectivity index (χ1v) is 7.20. The van der Waals surface area contributed by atoms with Crippen LogP contribution in [0.1, 0.15) is 54.4 Å². The molecule has 0 amide bonds. The van der Waals surface area contributed by atoms with Crippen molar-refractivity contribution < 1.29 is 4.79 Å². The Morgan fingerprint density at radius 2 is 2.18 bits per heavy atom. The molecule has 0 saturated heterocycles. The zero-order valence-corrected chi connectivity index (χ0v) is 11.1. The largest absolute Gasteiger partial charge is 0.328 e. The number of hydrogen-bond acceptors (Lipinski definition) is 4. The highest BCUT2D eigenvalue weighted by molar-refractivity contribution is 7.05. The fraction of sp³-hybridized carbons (Fsp3) is 0.692. The van der Waals surface area contributed by atoms with Crippen LogP contribution in [0.4, 0.5) is 0 Å². The molecule has 1 aliphatic rings. The van der Waals surface area contributed by atoms with Gasteiger partial charge in [0.15, 0.2) is 5.78 Å². The van der Waals surface area contributed by atoms with Crippen LogP contribution in [0.15, 0.2) is 6.07 Å². The van der Waals surface area contributed by atoms with E-state index in [0.29, 0.717) is 24.1 Å². The van der Waals surface area contributed by atoms with E-state index in [0.717, 1.165) is 32.1 Å². The second-order valence-electron chi connectivity index (χ2n) is 4.94. The van der Waals surface area contributed by atoms with Crippen LogP contribution < -0.4 is 5.73 Å². The summed E-state index contributed by atoms with van der Waals surface area (Å²) in [6.45, 7) is 2.09. The lowest BCUT2D eigenvalue weighted by Gasteiger charge is -2.25. The summed E-state index contributed by atoms with van der Waals surface area (Å²) >= 11 is 1.45. The van der Waals surface area contributed by atoms with E-state index in [2.05, 4.69) is 11.3 Å². The third kappa shape index (κ3) is 3.36. The number of carbonyl (C=O) groups excluding carboxylic acids is 1. The van der Waals surface area contributed by atoms with E-state index in [-0.39, 0.29) is 5.78 Å². The van der Waals surface area contributed by atoms with Crippen LogP contribution in [0.2, 0.25) is 0 Å². The Balaban J connectivity index is 1.88. The van der Waals surface area contributed by atoms with E-state index in [4.69, 9.17) is 5.73 Å². The lowest BCUT2D eigenvalue weighted by Crippen LogP contribution is -2.27. The molecule has 4 heteroatoms. The molecule has 1 fully saturated rings. The van der Waals surface area contributed by atoms with Crippen molar-refractivity contribution >= 4 is 17.3 Å². The number of nitrogens with two attached hydrogens (primary N) is 1. The number of Topliss-reactive ketones (excluding diaryl/α,β-unsaturated/α-hetero) is 1. The first kappa shape index (κ1) is 12.7. The van der Waals surface area contributed by atoms with Crippen molar-refractivity contribution in [3.63, 3.8) is 0 Å². The SMILES string of the molecule is CCc1cc(C(=O)CC2CCC(N)CC2)ns1. The molecule has 1 aromatic heterocycles. The minimum Gasteiger partial charge on any atom is -0.328 e. The van der Waals surface area contributed by atoms with Gasteiger partial charge in [-0.25, -0.2) is 0 Å². The highest BCUT2D eigenvalue weighted by Gasteiger charge is 2.22. The Labute approximate surface area is 107 Å². The summed E-state index contributed by atoms with van der Waals surface area (Å²) in [5.41, 5.74) is 6.53. The molecule has 0 aromatic carbocycles. The minimum atomic E-state index is 0.210. The van der Waals surface area contributed by atoms with Gasteiger partial charge in [0.25, 0.3) is 0 Å². The van der Waals surface area contributed by atoms with E-state index in [1.807, 2.05) is 6.07 Å². The van der Waals surface area contributed by atoms with Gasteiger partial charge in [-0.2, -0.15) is 4.37 Å². The number of hydrogen-bond donors (Lipinski definition) is 1. The van der Waals surface area contributed by atoms with Crippen LogP contribution in [0, 0.1) is 5.92 Å². The Morgan fingerprint density at radius 3 is 2.76 bits per heavy atom. The maximum Gasteiger partial charge on any atom is 0.182 e. The van der Waals surface area contributed by atoms with Crippen LogP contribution in [0.25, 0.3) is 0 Å². The van der Waals surface area contributed by atoms with E-state index >= 15 is 0 Å². The fourth-order valence-electron chi connectivity index (χ4n) is 2.37. The molecular formula is C13H20N2OS. The van der Waals surface area contributed by atoms with Crippen molar-refractivity contribution in [1.82, 2.24) is 4.37 Å². The third-order valence-corrected chi connectivity index (χ3v) is 4.49. The third-order valence-electron chi connectivity index (χ3n) is 3.56. The highest BCUT2D eigenvalue weighted by Crippen LogP contribution is 2.27. The quantitative estimate of drug-likeness (QED) is 0.838. The summed E-state index contributed by atoms with van der Waals surface area (Å²) < 4.78 is 4.23. The number of rotatable bonds is 4. The summed E-state index contributed by atoms with van der Waals surface area (Å²) in [5, 5.41) is 0. The number of aromatic nitrogens is 1. The molecule has 0 radical (unpaired) electrons. The molecule has 0 unspecified atom stereocenters. The van der Waals surface area contributed by atoms with Crippen molar-refractivity contribution in [1.29, 1.82) is 0 Å². The zero-order valence-electron chi connectivity index (χ0n) is 10.3. The van der Waals surface area contributed by atoms with Gasteiger partial charge in [-0.1, -0.05) is 6.92 Å². The Kier molecular flexibility index (Phi) is 4.29. The van der Waals surface area contributed by atoms with E-state index in [1.54, 1.807) is 0 Å². The lowest BCUT2D eigenvalue weighted by atomic mass is 9.83. The van der Waals surface area contributed by atoms with Gasteiger partial charge < -0.3 is 5.73 Å². The molecule has 3 nitrogen and oxygen atoms in total.